The van der Waals surface area contributed by atoms with Crippen LogP contribution in [0.3, 0.4) is 0 Å². The molecule has 1 fully saturated rings. The summed E-state index contributed by atoms with van der Waals surface area (Å²) >= 11 is 0. The highest BCUT2D eigenvalue weighted by Gasteiger charge is 2.26. The van der Waals surface area contributed by atoms with E-state index in [4.69, 9.17) is 0 Å². The summed E-state index contributed by atoms with van der Waals surface area (Å²) in [7, 11) is 0. The van der Waals surface area contributed by atoms with Crippen LogP contribution in [0, 0.1) is 18.8 Å². The van der Waals surface area contributed by atoms with Gasteiger partial charge in [-0.2, -0.15) is 0 Å². The molecule has 1 saturated heterocycles. The molecule has 0 aliphatic carbocycles. The van der Waals surface area contributed by atoms with Crippen molar-refractivity contribution in [2.45, 2.75) is 40.2 Å². The number of aromatic nitrogens is 2. The number of carbonyl (C=O) groups excluding carboxylic acids is 1. The van der Waals surface area contributed by atoms with Crippen molar-refractivity contribution in [1.82, 2.24) is 14.5 Å². The van der Waals surface area contributed by atoms with Gasteiger partial charge in [0, 0.05) is 43.0 Å². The fourth-order valence-corrected chi connectivity index (χ4v) is 3.55. The quantitative estimate of drug-likeness (QED) is 0.858. The van der Waals surface area contributed by atoms with Crippen LogP contribution < -0.4 is 0 Å². The Hall–Kier alpha value is -2.10. The van der Waals surface area contributed by atoms with E-state index < -0.39 is 0 Å². The van der Waals surface area contributed by atoms with Crippen LogP contribution in [-0.4, -0.2) is 33.4 Å². The summed E-state index contributed by atoms with van der Waals surface area (Å²) < 4.78 is 2.31. The number of rotatable bonds is 4. The topological polar surface area (TPSA) is 38.1 Å². The number of hydrogen-bond donors (Lipinski definition) is 0. The molecule has 0 saturated carbocycles. The summed E-state index contributed by atoms with van der Waals surface area (Å²) in [4.78, 5) is 19.0. The van der Waals surface area contributed by atoms with Gasteiger partial charge in [-0.3, -0.25) is 4.79 Å². The number of likely N-dealkylation sites (tertiary alicyclic amines) is 1. The van der Waals surface area contributed by atoms with Crippen molar-refractivity contribution in [3.05, 3.63) is 42.2 Å². The van der Waals surface area contributed by atoms with Gasteiger partial charge in [-0.1, -0.05) is 44.2 Å². The van der Waals surface area contributed by atoms with E-state index in [2.05, 4.69) is 28.6 Å². The minimum Gasteiger partial charge on any atom is -0.342 e. The average Bonchev–Trinajstić information content (AvgIpc) is 2.96. The Kier molecular flexibility index (Phi) is 5.03. The predicted molar refractivity (Wildman–Crippen MR) is 96.5 cm³/mol. The Balaban J connectivity index is 1.77. The van der Waals surface area contributed by atoms with Gasteiger partial charge in [0.25, 0.3) is 0 Å². The molecule has 3 rings (SSSR count). The third-order valence-electron chi connectivity index (χ3n) is 4.85. The van der Waals surface area contributed by atoms with Gasteiger partial charge in [0.15, 0.2) is 0 Å². The fraction of sp³-hybridized carbons (Fsp3) is 0.500. The molecule has 2 heterocycles. The van der Waals surface area contributed by atoms with Crippen LogP contribution in [-0.2, 0) is 11.3 Å². The first kappa shape index (κ1) is 16.7. The van der Waals surface area contributed by atoms with Crippen LogP contribution in [0.15, 0.2) is 36.5 Å². The van der Waals surface area contributed by atoms with Crippen LogP contribution in [0.2, 0.25) is 0 Å². The van der Waals surface area contributed by atoms with Crippen molar-refractivity contribution >= 4 is 5.91 Å². The monoisotopic (exact) mass is 325 g/mol. The SMILES string of the molecule is Cc1cnc(-c2ccccc2)n1CC1CCCN(C(=O)C(C)C)C1. The van der Waals surface area contributed by atoms with E-state index in [1.54, 1.807) is 0 Å². The van der Waals surface area contributed by atoms with E-state index in [1.807, 2.05) is 43.1 Å². The van der Waals surface area contributed by atoms with Gasteiger partial charge in [0.05, 0.1) is 0 Å². The average molecular weight is 325 g/mol. The van der Waals surface area contributed by atoms with E-state index in [9.17, 15) is 4.79 Å². The summed E-state index contributed by atoms with van der Waals surface area (Å²) in [6.07, 6.45) is 4.22. The molecule has 0 radical (unpaired) electrons. The lowest BCUT2D eigenvalue weighted by Crippen LogP contribution is -2.43. The molecule has 1 atom stereocenters. The van der Waals surface area contributed by atoms with Crippen molar-refractivity contribution in [3.63, 3.8) is 0 Å². The molecule has 0 N–H and O–H groups in total. The second-order valence-corrected chi connectivity index (χ2v) is 7.15. The highest BCUT2D eigenvalue weighted by Crippen LogP contribution is 2.25. The zero-order valence-corrected chi connectivity index (χ0v) is 14.9. The number of carbonyl (C=O) groups is 1. The number of piperidine rings is 1. The predicted octanol–water partition coefficient (Wildman–Crippen LogP) is 3.75. The lowest BCUT2D eigenvalue weighted by Gasteiger charge is -2.34. The molecule has 24 heavy (non-hydrogen) atoms. The fourth-order valence-electron chi connectivity index (χ4n) is 3.55. The normalized spacial score (nSPS) is 18.2. The van der Waals surface area contributed by atoms with Gasteiger partial charge < -0.3 is 9.47 Å². The molecule has 4 heteroatoms. The first-order valence-electron chi connectivity index (χ1n) is 8.92. The Morgan fingerprint density at radius 1 is 1.29 bits per heavy atom. The molecular formula is C20H27N3O. The molecule has 1 aromatic heterocycles. The van der Waals surface area contributed by atoms with Crippen molar-refractivity contribution in [2.24, 2.45) is 11.8 Å². The van der Waals surface area contributed by atoms with Gasteiger partial charge >= 0.3 is 0 Å². The lowest BCUT2D eigenvalue weighted by atomic mass is 9.96. The standard InChI is InChI=1S/C20H27N3O/c1-15(2)20(24)22-11-7-8-17(13-22)14-23-16(3)12-21-19(23)18-9-5-4-6-10-18/h4-6,9-10,12,15,17H,7-8,11,13-14H2,1-3H3. The van der Waals surface area contributed by atoms with E-state index >= 15 is 0 Å². The number of benzene rings is 1. The van der Waals surface area contributed by atoms with Crippen LogP contribution in [0.25, 0.3) is 11.4 Å². The third-order valence-corrected chi connectivity index (χ3v) is 4.85. The first-order valence-corrected chi connectivity index (χ1v) is 8.92. The highest BCUT2D eigenvalue weighted by atomic mass is 16.2. The Morgan fingerprint density at radius 2 is 2.04 bits per heavy atom. The molecule has 1 aliphatic heterocycles. The van der Waals surface area contributed by atoms with Crippen molar-refractivity contribution < 1.29 is 4.79 Å². The smallest absolute Gasteiger partial charge is 0.225 e. The molecule has 0 bridgehead atoms. The second kappa shape index (κ2) is 7.20. The summed E-state index contributed by atoms with van der Waals surface area (Å²) in [5.41, 5.74) is 2.33. The molecule has 4 nitrogen and oxygen atoms in total. The molecule has 2 aromatic rings. The molecule has 0 spiro atoms. The molecule has 1 unspecified atom stereocenters. The van der Waals surface area contributed by atoms with Gasteiger partial charge in [-0.15, -0.1) is 0 Å². The third kappa shape index (κ3) is 3.53. The summed E-state index contributed by atoms with van der Waals surface area (Å²) in [6.45, 7) is 8.78. The number of hydrogen-bond acceptors (Lipinski definition) is 2. The Labute approximate surface area is 144 Å². The number of aryl methyl sites for hydroxylation is 1. The summed E-state index contributed by atoms with van der Waals surface area (Å²) in [5, 5.41) is 0. The van der Waals surface area contributed by atoms with E-state index in [0.29, 0.717) is 5.92 Å². The van der Waals surface area contributed by atoms with Crippen LogP contribution in [0.4, 0.5) is 0 Å². The largest absolute Gasteiger partial charge is 0.342 e. The Morgan fingerprint density at radius 3 is 2.75 bits per heavy atom. The van der Waals surface area contributed by atoms with E-state index in [0.717, 1.165) is 37.4 Å². The number of amides is 1. The van der Waals surface area contributed by atoms with E-state index in [1.165, 1.54) is 12.1 Å². The summed E-state index contributed by atoms with van der Waals surface area (Å²) in [5.74, 6) is 1.89. The lowest BCUT2D eigenvalue weighted by molar-refractivity contribution is -0.136. The van der Waals surface area contributed by atoms with Crippen molar-refractivity contribution in [1.29, 1.82) is 0 Å². The maximum atomic E-state index is 12.3. The maximum Gasteiger partial charge on any atom is 0.225 e. The van der Waals surface area contributed by atoms with Gasteiger partial charge in [0.2, 0.25) is 5.91 Å². The minimum absolute atomic E-state index is 0.0820. The zero-order chi connectivity index (χ0) is 17.1. The molecule has 1 amide bonds. The van der Waals surface area contributed by atoms with Gasteiger partial charge in [-0.05, 0) is 25.7 Å². The second-order valence-electron chi connectivity index (χ2n) is 7.15. The number of nitrogens with zero attached hydrogens (tertiary/aromatic N) is 3. The zero-order valence-electron chi connectivity index (χ0n) is 14.9. The molecule has 1 aliphatic rings. The highest BCUT2D eigenvalue weighted by molar-refractivity contribution is 5.78. The van der Waals surface area contributed by atoms with Crippen LogP contribution in [0.1, 0.15) is 32.4 Å². The molecular weight excluding hydrogens is 298 g/mol. The van der Waals surface area contributed by atoms with Crippen LogP contribution >= 0.6 is 0 Å². The van der Waals surface area contributed by atoms with Crippen LogP contribution in [0.5, 0.6) is 0 Å². The minimum atomic E-state index is 0.0820. The molecule has 1 aromatic carbocycles. The van der Waals surface area contributed by atoms with Crippen molar-refractivity contribution in [3.8, 4) is 11.4 Å². The summed E-state index contributed by atoms with van der Waals surface area (Å²) in [6, 6.07) is 10.3. The van der Waals surface area contributed by atoms with Gasteiger partial charge in [-0.25, -0.2) is 4.98 Å². The Bertz CT molecular complexity index is 690. The van der Waals surface area contributed by atoms with Gasteiger partial charge in [0.1, 0.15) is 5.82 Å². The van der Waals surface area contributed by atoms with E-state index in [-0.39, 0.29) is 11.8 Å². The maximum absolute atomic E-state index is 12.3. The first-order chi connectivity index (χ1) is 11.6. The van der Waals surface area contributed by atoms with Crippen molar-refractivity contribution in [2.75, 3.05) is 13.1 Å². The molecule has 128 valence electrons. The number of imidazole rings is 1.